The topological polar surface area (TPSA) is 55.1 Å². The van der Waals surface area contributed by atoms with E-state index in [1.54, 1.807) is 0 Å². The normalized spacial score (nSPS) is 26.9. The highest BCUT2D eigenvalue weighted by molar-refractivity contribution is 5.85. The minimum absolute atomic E-state index is 0. The van der Waals surface area contributed by atoms with Crippen molar-refractivity contribution in [2.24, 2.45) is 17.1 Å². The lowest BCUT2D eigenvalue weighted by Crippen LogP contribution is -2.51. The third-order valence-corrected chi connectivity index (χ3v) is 3.58. The van der Waals surface area contributed by atoms with Crippen LogP contribution in [0.5, 0.6) is 0 Å². The van der Waals surface area contributed by atoms with Crippen LogP contribution in [0, 0.1) is 11.3 Å². The number of nitrogens with two attached hydrogens (primary N) is 1. The molecule has 3 nitrogen and oxygen atoms in total. The molecule has 0 radical (unpaired) electrons. The quantitative estimate of drug-likeness (QED) is 0.803. The van der Waals surface area contributed by atoms with Crippen molar-refractivity contribution >= 4 is 18.3 Å². The number of amides is 1. The average molecular weight is 263 g/mol. The Balaban J connectivity index is 0.00000256. The van der Waals surface area contributed by atoms with Crippen LogP contribution in [-0.2, 0) is 4.79 Å². The van der Waals surface area contributed by atoms with Crippen LogP contribution in [-0.4, -0.2) is 18.0 Å². The highest BCUT2D eigenvalue weighted by Gasteiger charge is 2.29. The smallest absolute Gasteiger partial charge is 0.237 e. The van der Waals surface area contributed by atoms with Gasteiger partial charge in [0.05, 0.1) is 6.04 Å². The van der Waals surface area contributed by atoms with Crippen LogP contribution in [0.1, 0.15) is 53.4 Å². The van der Waals surface area contributed by atoms with Gasteiger partial charge in [-0.1, -0.05) is 27.7 Å². The van der Waals surface area contributed by atoms with Crippen molar-refractivity contribution < 1.29 is 4.79 Å². The molecule has 102 valence electrons. The maximum absolute atomic E-state index is 11.9. The summed E-state index contributed by atoms with van der Waals surface area (Å²) in [5.41, 5.74) is 5.77. The highest BCUT2D eigenvalue weighted by Crippen LogP contribution is 2.24. The zero-order chi connectivity index (χ0) is 12.3. The second-order valence-corrected chi connectivity index (χ2v) is 6.31. The van der Waals surface area contributed by atoms with Gasteiger partial charge >= 0.3 is 0 Å². The van der Waals surface area contributed by atoms with Gasteiger partial charge in [0, 0.05) is 6.04 Å². The summed E-state index contributed by atoms with van der Waals surface area (Å²) in [4.78, 5) is 11.9. The minimum atomic E-state index is -0.410. The van der Waals surface area contributed by atoms with Crippen molar-refractivity contribution in [3.05, 3.63) is 0 Å². The monoisotopic (exact) mass is 262 g/mol. The van der Waals surface area contributed by atoms with E-state index in [1.807, 2.05) is 20.8 Å². The Kier molecular flexibility index (Phi) is 6.49. The molecule has 17 heavy (non-hydrogen) atoms. The zero-order valence-electron chi connectivity index (χ0n) is 11.5. The first kappa shape index (κ1) is 16.7. The number of hydrogen-bond acceptors (Lipinski definition) is 2. The van der Waals surface area contributed by atoms with Gasteiger partial charge in [0.2, 0.25) is 5.91 Å². The van der Waals surface area contributed by atoms with Crippen molar-refractivity contribution in [3.8, 4) is 0 Å². The molecule has 0 bridgehead atoms. The minimum Gasteiger partial charge on any atom is -0.352 e. The molecule has 1 saturated carbocycles. The Morgan fingerprint density at radius 2 is 1.71 bits per heavy atom. The molecule has 0 saturated heterocycles. The van der Waals surface area contributed by atoms with E-state index in [2.05, 4.69) is 12.2 Å². The Morgan fingerprint density at radius 3 is 2.12 bits per heavy atom. The molecule has 1 atom stereocenters. The van der Waals surface area contributed by atoms with Gasteiger partial charge in [0.25, 0.3) is 0 Å². The van der Waals surface area contributed by atoms with Crippen molar-refractivity contribution in [3.63, 3.8) is 0 Å². The van der Waals surface area contributed by atoms with E-state index in [0.29, 0.717) is 6.04 Å². The maximum Gasteiger partial charge on any atom is 0.237 e. The second kappa shape index (κ2) is 6.60. The summed E-state index contributed by atoms with van der Waals surface area (Å²) in [7, 11) is 0. The number of carbonyl (C=O) groups is 1. The SMILES string of the molecule is CC1CCC(NC(=O)[C@@H](N)C(C)(C)C)CC1.Cl. The number of rotatable bonds is 2. The average Bonchev–Trinajstić information content (AvgIpc) is 2.19. The van der Waals surface area contributed by atoms with Gasteiger partial charge in [0.1, 0.15) is 0 Å². The molecule has 1 rings (SSSR count). The second-order valence-electron chi connectivity index (χ2n) is 6.31. The standard InChI is InChI=1S/C13H26N2O.ClH/c1-9-5-7-10(8-6-9)15-12(16)11(14)13(2,3)4;/h9-11H,5-8,14H2,1-4H3,(H,15,16);1H/t9?,10?,11-;/m1./s1. The van der Waals surface area contributed by atoms with Gasteiger partial charge in [-0.15, -0.1) is 12.4 Å². The first-order valence-electron chi connectivity index (χ1n) is 6.36. The summed E-state index contributed by atoms with van der Waals surface area (Å²) < 4.78 is 0. The van der Waals surface area contributed by atoms with Crippen molar-refractivity contribution in [2.45, 2.75) is 65.5 Å². The molecule has 0 aromatic carbocycles. The van der Waals surface area contributed by atoms with Gasteiger partial charge in [0.15, 0.2) is 0 Å². The molecule has 1 aliphatic rings. The molecule has 0 aliphatic heterocycles. The van der Waals surface area contributed by atoms with Gasteiger partial charge in [-0.2, -0.15) is 0 Å². The molecule has 0 heterocycles. The third-order valence-electron chi connectivity index (χ3n) is 3.58. The van der Waals surface area contributed by atoms with Crippen LogP contribution in [0.15, 0.2) is 0 Å². The van der Waals surface area contributed by atoms with Gasteiger partial charge < -0.3 is 11.1 Å². The lowest BCUT2D eigenvalue weighted by atomic mass is 9.85. The van der Waals surface area contributed by atoms with Crippen LogP contribution < -0.4 is 11.1 Å². The molecule has 1 amide bonds. The van der Waals surface area contributed by atoms with Crippen LogP contribution in [0.3, 0.4) is 0 Å². The lowest BCUT2D eigenvalue weighted by Gasteiger charge is -2.31. The molecule has 1 aliphatic carbocycles. The van der Waals surface area contributed by atoms with Crippen LogP contribution in [0.25, 0.3) is 0 Å². The summed E-state index contributed by atoms with van der Waals surface area (Å²) in [6, 6.07) is -0.0658. The fourth-order valence-electron chi connectivity index (χ4n) is 2.09. The number of carbonyl (C=O) groups excluding carboxylic acids is 1. The van der Waals surface area contributed by atoms with Crippen LogP contribution in [0.4, 0.5) is 0 Å². The van der Waals surface area contributed by atoms with E-state index in [1.165, 1.54) is 12.8 Å². The molecule has 4 heteroatoms. The largest absolute Gasteiger partial charge is 0.352 e. The predicted molar refractivity (Wildman–Crippen MR) is 74.2 cm³/mol. The molecule has 0 aromatic heterocycles. The summed E-state index contributed by atoms with van der Waals surface area (Å²) >= 11 is 0. The van der Waals surface area contributed by atoms with Gasteiger partial charge in [-0.25, -0.2) is 0 Å². The number of hydrogen-bond donors (Lipinski definition) is 2. The van der Waals surface area contributed by atoms with Crippen LogP contribution >= 0.6 is 12.4 Å². The number of nitrogens with one attached hydrogen (secondary N) is 1. The number of halogens is 1. The van der Waals surface area contributed by atoms with Crippen molar-refractivity contribution in [1.29, 1.82) is 0 Å². The summed E-state index contributed by atoms with van der Waals surface area (Å²) in [5, 5.41) is 3.08. The maximum atomic E-state index is 11.9. The molecule has 0 unspecified atom stereocenters. The predicted octanol–water partition coefficient (Wildman–Crippen LogP) is 2.48. The summed E-state index contributed by atoms with van der Waals surface area (Å²) in [5.74, 6) is 0.816. The molecular formula is C13H27ClN2O. The summed E-state index contributed by atoms with van der Waals surface area (Å²) in [6.07, 6.45) is 4.64. The van der Waals surface area contributed by atoms with E-state index in [-0.39, 0.29) is 23.7 Å². The molecule has 1 fully saturated rings. The van der Waals surface area contributed by atoms with Gasteiger partial charge in [-0.05, 0) is 37.0 Å². The molecular weight excluding hydrogens is 236 g/mol. The first-order valence-corrected chi connectivity index (χ1v) is 6.36. The third kappa shape index (κ3) is 5.26. The Bertz CT molecular complexity index is 242. The Labute approximate surface area is 111 Å². The molecule has 0 aromatic rings. The highest BCUT2D eigenvalue weighted by atomic mass is 35.5. The lowest BCUT2D eigenvalue weighted by molar-refractivity contribution is -0.125. The first-order chi connectivity index (χ1) is 7.30. The Hall–Kier alpha value is -0.280. The van der Waals surface area contributed by atoms with Crippen LogP contribution in [0.2, 0.25) is 0 Å². The van der Waals surface area contributed by atoms with E-state index in [4.69, 9.17) is 5.73 Å². The van der Waals surface area contributed by atoms with Crippen molar-refractivity contribution in [2.75, 3.05) is 0 Å². The zero-order valence-corrected chi connectivity index (χ0v) is 12.3. The Morgan fingerprint density at radius 1 is 1.24 bits per heavy atom. The van der Waals surface area contributed by atoms with E-state index in [0.717, 1.165) is 18.8 Å². The van der Waals surface area contributed by atoms with E-state index >= 15 is 0 Å². The summed E-state index contributed by atoms with van der Waals surface area (Å²) in [6.45, 7) is 8.28. The fraction of sp³-hybridized carbons (Fsp3) is 0.923. The van der Waals surface area contributed by atoms with Crippen molar-refractivity contribution in [1.82, 2.24) is 5.32 Å². The van der Waals surface area contributed by atoms with E-state index < -0.39 is 6.04 Å². The molecule has 3 N–H and O–H groups in total. The van der Waals surface area contributed by atoms with E-state index in [9.17, 15) is 4.79 Å². The van der Waals surface area contributed by atoms with Gasteiger partial charge in [-0.3, -0.25) is 4.79 Å². The molecule has 0 spiro atoms. The fourth-order valence-corrected chi connectivity index (χ4v) is 2.09.